The Morgan fingerprint density at radius 2 is 1.65 bits per heavy atom. The van der Waals surface area contributed by atoms with Crippen LogP contribution in [0.1, 0.15) is 5.56 Å². The number of benzene rings is 3. The van der Waals surface area contributed by atoms with Crippen molar-refractivity contribution in [1.29, 1.82) is 0 Å². The minimum absolute atomic E-state index is 0.228. The van der Waals surface area contributed by atoms with Crippen molar-refractivity contribution in [2.45, 2.75) is 0 Å². The highest BCUT2D eigenvalue weighted by Gasteiger charge is 2.36. The lowest BCUT2D eigenvalue weighted by atomic mass is 10.1. The third kappa shape index (κ3) is 6.30. The summed E-state index contributed by atoms with van der Waals surface area (Å²) >= 11 is 16.2. The normalized spacial score (nSPS) is 14.5. The number of hydrogen-bond donors (Lipinski definition) is 2. The summed E-state index contributed by atoms with van der Waals surface area (Å²) in [7, 11) is 0. The zero-order valence-electron chi connectivity index (χ0n) is 18.6. The van der Waals surface area contributed by atoms with Gasteiger partial charge in [-0.05, 0) is 92.0 Å². The average Bonchev–Trinajstić information content (AvgIpc) is 2.84. The molecule has 12 heteroatoms. The molecule has 5 amide bonds. The Bertz CT molecular complexity index is 1440. The van der Waals surface area contributed by atoms with E-state index in [0.717, 1.165) is 9.37 Å². The number of halogens is 4. The van der Waals surface area contributed by atoms with Crippen LogP contribution in [0.3, 0.4) is 0 Å². The third-order valence-electron chi connectivity index (χ3n) is 5.01. The average molecular weight is 713 g/mol. The summed E-state index contributed by atoms with van der Waals surface area (Å²) in [5, 5.41) is 5.25. The predicted octanol–water partition coefficient (Wildman–Crippen LogP) is 6.31. The number of ether oxygens (including phenoxy) is 1. The van der Waals surface area contributed by atoms with E-state index in [2.05, 4.69) is 58.4 Å². The molecule has 2 N–H and O–H groups in total. The summed E-state index contributed by atoms with van der Waals surface area (Å²) in [5.41, 5.74) is 1.01. The number of amides is 5. The van der Waals surface area contributed by atoms with Gasteiger partial charge in [-0.25, -0.2) is 9.69 Å². The molecule has 1 aliphatic heterocycles. The number of nitrogens with one attached hydrogen (secondary N) is 2. The van der Waals surface area contributed by atoms with E-state index in [1.807, 2.05) is 0 Å². The van der Waals surface area contributed by atoms with Crippen LogP contribution in [0.4, 0.5) is 16.2 Å². The maximum absolute atomic E-state index is 13.1. The van der Waals surface area contributed by atoms with Crippen molar-refractivity contribution in [2.24, 2.45) is 0 Å². The van der Waals surface area contributed by atoms with Crippen molar-refractivity contribution in [3.63, 3.8) is 0 Å². The minimum Gasteiger partial charge on any atom is -0.481 e. The van der Waals surface area contributed by atoms with Crippen LogP contribution in [0.5, 0.6) is 5.75 Å². The van der Waals surface area contributed by atoms with E-state index in [1.54, 1.807) is 60.7 Å². The molecule has 4 rings (SSSR count). The van der Waals surface area contributed by atoms with Crippen LogP contribution in [0.2, 0.25) is 5.02 Å². The lowest BCUT2D eigenvalue weighted by molar-refractivity contribution is -0.122. The summed E-state index contributed by atoms with van der Waals surface area (Å²) in [5.74, 6) is -1.66. The first-order valence-electron chi connectivity index (χ1n) is 10.5. The summed E-state index contributed by atoms with van der Waals surface area (Å²) in [6, 6.07) is 15.7. The smallest absolute Gasteiger partial charge is 0.335 e. The fraction of sp³-hybridized carbons (Fsp3) is 0.0400. The number of imide groups is 2. The number of barbiturate groups is 1. The molecule has 0 aliphatic carbocycles. The van der Waals surface area contributed by atoms with Crippen molar-refractivity contribution in [3.8, 4) is 5.75 Å². The second-order valence-corrected chi connectivity index (χ2v) is 10.6. The first-order valence-corrected chi connectivity index (χ1v) is 13.2. The van der Waals surface area contributed by atoms with E-state index in [9.17, 15) is 19.2 Å². The van der Waals surface area contributed by atoms with Crippen molar-refractivity contribution in [2.75, 3.05) is 16.8 Å². The molecule has 3 aromatic carbocycles. The molecule has 1 saturated heterocycles. The fourth-order valence-electron chi connectivity index (χ4n) is 3.34. The van der Waals surface area contributed by atoms with E-state index in [-0.39, 0.29) is 12.2 Å². The SMILES string of the molecule is O=C(COc1c(Br)cc(/C=C2\C(=O)NC(=O)N(c3ccc(Br)cc3)C2=O)cc1Br)Nc1ccccc1Cl. The molecule has 1 aliphatic rings. The second-order valence-electron chi connectivity index (χ2n) is 7.56. The van der Waals surface area contributed by atoms with Gasteiger partial charge in [0.2, 0.25) is 0 Å². The Kier molecular flexibility index (Phi) is 8.48. The van der Waals surface area contributed by atoms with Gasteiger partial charge in [0.25, 0.3) is 17.7 Å². The summed E-state index contributed by atoms with van der Waals surface area (Å²) in [6.07, 6.45) is 1.36. The first kappa shape index (κ1) is 27.1. The number of anilines is 2. The quantitative estimate of drug-likeness (QED) is 0.230. The second kappa shape index (κ2) is 11.6. The number of hydrogen-bond acceptors (Lipinski definition) is 5. The van der Waals surface area contributed by atoms with E-state index in [0.29, 0.717) is 36.7 Å². The van der Waals surface area contributed by atoms with E-state index in [4.69, 9.17) is 16.3 Å². The Labute approximate surface area is 241 Å². The third-order valence-corrected chi connectivity index (χ3v) is 7.05. The Morgan fingerprint density at radius 3 is 2.30 bits per heavy atom. The van der Waals surface area contributed by atoms with Crippen molar-refractivity contribution in [3.05, 3.63) is 90.2 Å². The Balaban J connectivity index is 1.53. The molecule has 3 aromatic rings. The maximum atomic E-state index is 13.1. The molecule has 1 heterocycles. The number of urea groups is 1. The molecule has 0 unspecified atom stereocenters. The van der Waals surface area contributed by atoms with Gasteiger partial charge in [-0.2, -0.15) is 0 Å². The zero-order chi connectivity index (χ0) is 26.7. The van der Waals surface area contributed by atoms with Crippen LogP contribution < -0.4 is 20.3 Å². The van der Waals surface area contributed by atoms with Gasteiger partial charge in [0, 0.05) is 4.47 Å². The van der Waals surface area contributed by atoms with Gasteiger partial charge < -0.3 is 10.1 Å². The lowest BCUT2D eigenvalue weighted by Gasteiger charge is -2.26. The number of rotatable bonds is 6. The standard InChI is InChI=1S/C25H15Br3ClN3O5/c26-14-5-7-15(8-6-14)32-24(35)16(23(34)31-25(32)36)9-13-10-17(27)22(18(28)11-13)37-12-21(33)30-20-4-2-1-3-19(20)29/h1-11H,12H2,(H,30,33)(H,31,34,36)/b16-9+. The summed E-state index contributed by atoms with van der Waals surface area (Å²) in [4.78, 5) is 51.1. The predicted molar refractivity (Wildman–Crippen MR) is 151 cm³/mol. The monoisotopic (exact) mass is 709 g/mol. The highest BCUT2D eigenvalue weighted by Crippen LogP contribution is 2.36. The molecule has 1 fully saturated rings. The molecule has 0 atom stereocenters. The molecule has 8 nitrogen and oxygen atoms in total. The van der Waals surface area contributed by atoms with Gasteiger partial charge in [0.05, 0.1) is 25.3 Å². The van der Waals surface area contributed by atoms with Crippen molar-refractivity contribution < 1.29 is 23.9 Å². The molecule has 0 aromatic heterocycles. The molecular formula is C25H15Br3ClN3O5. The van der Waals surface area contributed by atoms with Gasteiger partial charge >= 0.3 is 6.03 Å². The minimum atomic E-state index is -0.837. The van der Waals surface area contributed by atoms with Crippen molar-refractivity contribution in [1.82, 2.24) is 5.32 Å². The highest BCUT2D eigenvalue weighted by atomic mass is 79.9. The van der Waals surface area contributed by atoms with Crippen molar-refractivity contribution >= 4 is 101 Å². The van der Waals surface area contributed by atoms with Crippen LogP contribution >= 0.6 is 59.4 Å². The van der Waals surface area contributed by atoms with Crippen LogP contribution in [0.15, 0.2) is 79.7 Å². The maximum Gasteiger partial charge on any atom is 0.335 e. The van der Waals surface area contributed by atoms with E-state index in [1.165, 1.54) is 6.08 Å². The molecule has 0 radical (unpaired) electrons. The van der Waals surface area contributed by atoms with Gasteiger partial charge in [0.1, 0.15) is 11.3 Å². The Hall–Kier alpha value is -2.99. The zero-order valence-corrected chi connectivity index (χ0v) is 24.1. The summed E-state index contributed by atoms with van der Waals surface area (Å²) < 4.78 is 7.35. The first-order chi connectivity index (χ1) is 17.6. The van der Waals surface area contributed by atoms with Gasteiger partial charge in [-0.1, -0.05) is 39.7 Å². The number of carbonyl (C=O) groups is 4. The molecule has 0 bridgehead atoms. The van der Waals surface area contributed by atoms with Gasteiger partial charge in [-0.3, -0.25) is 19.7 Å². The Morgan fingerprint density at radius 1 is 1.00 bits per heavy atom. The van der Waals surface area contributed by atoms with Crippen LogP contribution in [0.25, 0.3) is 6.08 Å². The van der Waals surface area contributed by atoms with E-state index >= 15 is 0 Å². The molecule has 37 heavy (non-hydrogen) atoms. The molecule has 0 saturated carbocycles. The largest absolute Gasteiger partial charge is 0.481 e. The molecular weight excluding hydrogens is 697 g/mol. The van der Waals surface area contributed by atoms with E-state index < -0.39 is 23.8 Å². The van der Waals surface area contributed by atoms with Crippen LogP contribution in [-0.4, -0.2) is 30.4 Å². The van der Waals surface area contributed by atoms with Gasteiger partial charge in [-0.15, -0.1) is 0 Å². The fourth-order valence-corrected chi connectivity index (χ4v) is 5.23. The van der Waals surface area contributed by atoms with Crippen LogP contribution in [0, 0.1) is 0 Å². The number of para-hydroxylation sites is 1. The van der Waals surface area contributed by atoms with Crippen LogP contribution in [-0.2, 0) is 14.4 Å². The molecule has 0 spiro atoms. The topological polar surface area (TPSA) is 105 Å². The molecule has 188 valence electrons. The van der Waals surface area contributed by atoms with Gasteiger partial charge in [0.15, 0.2) is 6.61 Å². The number of carbonyl (C=O) groups excluding carboxylic acids is 4. The summed E-state index contributed by atoms with van der Waals surface area (Å²) in [6.45, 7) is -0.298. The number of nitrogens with zero attached hydrogens (tertiary/aromatic N) is 1. The highest BCUT2D eigenvalue weighted by molar-refractivity contribution is 9.11. The lowest BCUT2D eigenvalue weighted by Crippen LogP contribution is -2.54.